The minimum Gasteiger partial charge on any atom is -0.464 e. The number of anilines is 2. The first-order chi connectivity index (χ1) is 22.6. The van der Waals surface area contributed by atoms with Crippen molar-refractivity contribution in [3.63, 3.8) is 0 Å². The Balaban J connectivity index is 0.000000231. The Morgan fingerprint density at radius 2 is 1.77 bits per heavy atom. The summed E-state index contributed by atoms with van der Waals surface area (Å²) >= 11 is 12.4. The van der Waals surface area contributed by atoms with Gasteiger partial charge < -0.3 is 24.3 Å². The highest BCUT2D eigenvalue weighted by molar-refractivity contribution is 9.11. The fourth-order valence-electron chi connectivity index (χ4n) is 4.04. The van der Waals surface area contributed by atoms with E-state index in [0.29, 0.717) is 44.8 Å². The Labute approximate surface area is 303 Å². The third-order valence-corrected chi connectivity index (χ3v) is 15.3. The maximum atomic E-state index is 12.2. The number of halogens is 2. The number of aliphatic hydroxyl groups is 1. The summed E-state index contributed by atoms with van der Waals surface area (Å²) in [5, 5.41) is 20.9. The lowest BCUT2D eigenvalue weighted by Gasteiger charge is -2.38. The third kappa shape index (κ3) is 9.95. The zero-order valence-electron chi connectivity index (χ0n) is 27.9. The average molecular weight is 799 g/mol. The molecule has 0 spiro atoms. The van der Waals surface area contributed by atoms with Gasteiger partial charge in [-0.25, -0.2) is 19.6 Å². The van der Waals surface area contributed by atoms with Gasteiger partial charge in [-0.05, 0) is 85.0 Å². The van der Waals surface area contributed by atoms with Crippen molar-refractivity contribution in [1.82, 2.24) is 20.2 Å². The summed E-state index contributed by atoms with van der Waals surface area (Å²) in [5.74, 6) is 1.08. The number of hydrogen-bond acceptors (Lipinski definition) is 12. The summed E-state index contributed by atoms with van der Waals surface area (Å²) in [7, 11) is -2.04. The molecule has 2 atom stereocenters. The molecular weight excluding hydrogens is 758 g/mol. The molecule has 48 heavy (non-hydrogen) atoms. The molecule has 11 nitrogen and oxygen atoms in total. The number of nitrogens with zero attached hydrogens (tertiary/aromatic N) is 3. The molecule has 4 aromatic rings. The van der Waals surface area contributed by atoms with Crippen molar-refractivity contribution < 1.29 is 28.6 Å². The number of carbonyl (C=O) groups is 2. The van der Waals surface area contributed by atoms with Gasteiger partial charge in [0.15, 0.2) is 38.0 Å². The lowest BCUT2D eigenvalue weighted by Crippen LogP contribution is -2.43. The number of thiophene rings is 2. The molecule has 2 unspecified atom stereocenters. The Bertz CT molecular complexity index is 1700. The van der Waals surface area contributed by atoms with Gasteiger partial charge in [-0.1, -0.05) is 32.4 Å². The predicted octanol–water partition coefficient (Wildman–Crippen LogP) is 8.94. The van der Waals surface area contributed by atoms with Crippen molar-refractivity contribution >= 4 is 82.1 Å². The van der Waals surface area contributed by atoms with Crippen LogP contribution in [0.5, 0.6) is 0 Å². The molecule has 4 heterocycles. The number of rotatable bonds is 12. The molecule has 3 N–H and O–H groups in total. The topological polar surface area (TPSA) is 149 Å². The first-order valence-electron chi connectivity index (χ1n) is 15.5. The van der Waals surface area contributed by atoms with Crippen molar-refractivity contribution in [1.29, 1.82) is 0 Å². The summed E-state index contributed by atoms with van der Waals surface area (Å²) in [5.41, 5.74) is 1.10. The second kappa shape index (κ2) is 16.4. The van der Waals surface area contributed by atoms with E-state index in [2.05, 4.69) is 75.3 Å². The van der Waals surface area contributed by atoms with Crippen molar-refractivity contribution in [2.75, 3.05) is 18.5 Å². The van der Waals surface area contributed by atoms with Crippen LogP contribution in [0.25, 0.3) is 10.7 Å². The van der Waals surface area contributed by atoms with E-state index in [0.717, 1.165) is 14.4 Å². The second-order valence-corrected chi connectivity index (χ2v) is 21.3. The van der Waals surface area contributed by atoms with Gasteiger partial charge in [0.05, 0.1) is 28.1 Å². The summed E-state index contributed by atoms with van der Waals surface area (Å²) in [4.78, 5) is 34.7. The smallest absolute Gasteiger partial charge is 0.340 e. The summed E-state index contributed by atoms with van der Waals surface area (Å²) < 4.78 is 17.3. The highest BCUT2D eigenvalue weighted by atomic mass is 79.9. The van der Waals surface area contributed by atoms with Gasteiger partial charge in [-0.15, -0.1) is 22.7 Å². The van der Waals surface area contributed by atoms with Crippen LogP contribution in [0.2, 0.25) is 23.2 Å². The molecule has 1 aliphatic rings. The molecule has 0 amide bonds. The zero-order valence-corrected chi connectivity index (χ0v) is 32.9. The fraction of sp³-hybridized carbons (Fsp3) is 0.469. The first kappa shape index (κ1) is 38.1. The molecule has 1 aliphatic carbocycles. The molecular formula is C32H41BrClN5O6S2Si. The van der Waals surface area contributed by atoms with E-state index >= 15 is 0 Å². The zero-order chi connectivity index (χ0) is 35.2. The van der Waals surface area contributed by atoms with Crippen molar-refractivity contribution in [3.8, 4) is 10.7 Å². The molecule has 5 rings (SSSR count). The van der Waals surface area contributed by atoms with Crippen LogP contribution < -0.4 is 5.32 Å². The Hall–Kier alpha value is -2.66. The van der Waals surface area contributed by atoms with Crippen LogP contribution >= 0.6 is 50.2 Å². The van der Waals surface area contributed by atoms with Gasteiger partial charge in [-0.3, -0.25) is 5.10 Å². The van der Waals surface area contributed by atoms with Crippen LogP contribution in [-0.2, 0) is 23.5 Å². The van der Waals surface area contributed by atoms with E-state index in [1.807, 2.05) is 25.1 Å². The minimum absolute atomic E-state index is 0.0479. The Kier molecular flexibility index (Phi) is 13.0. The van der Waals surface area contributed by atoms with Gasteiger partial charge in [0, 0.05) is 27.4 Å². The maximum Gasteiger partial charge on any atom is 0.340 e. The lowest BCUT2D eigenvalue weighted by molar-refractivity contribution is -0.153. The fourth-order valence-corrected chi connectivity index (χ4v) is 7.79. The molecule has 0 radical (unpaired) electrons. The lowest BCUT2D eigenvalue weighted by atomic mass is 10.2. The van der Waals surface area contributed by atoms with Gasteiger partial charge in [0.25, 0.3) is 0 Å². The summed E-state index contributed by atoms with van der Waals surface area (Å²) in [6.07, 6.45) is 1.92. The summed E-state index contributed by atoms with van der Waals surface area (Å²) in [6, 6.07) is 9.21. The highest BCUT2D eigenvalue weighted by Gasteiger charge is 2.42. The standard InChI is InChI=1S/C18H18ClN5O3S.C14H23BrO3SSi/c1-2-27-18(26)15(25)12-5-6-13(28-12)17-20-8-10(19)16(22-17)21-14-7-11(23-24-14)9-3-4-9;1-7-17-13(16)12(10-8-9-11(15)19-10)18-20(5,6)14(2,3)4/h5-9,15,25H,2-4H2,1H3,(H2,20,21,22,23,24);8-9,12H,7H2,1-6H3. The molecule has 0 bridgehead atoms. The number of aliphatic hydroxyl groups excluding tert-OH is 1. The second-order valence-electron chi connectivity index (χ2n) is 12.5. The van der Waals surface area contributed by atoms with Crippen LogP contribution in [0.3, 0.4) is 0 Å². The number of aromatic amines is 1. The molecule has 0 saturated heterocycles. The SMILES string of the molecule is CCOC(=O)C(O)c1ccc(-c2ncc(Cl)c(Nc3cc(C4CC4)[nH]n3)n2)s1.CCOC(=O)C(O[Si](C)(C)C(C)(C)C)c1ccc(Br)s1. The van der Waals surface area contributed by atoms with Crippen LogP contribution in [0, 0.1) is 0 Å². The monoisotopic (exact) mass is 797 g/mol. The number of carbonyl (C=O) groups excluding carboxylic acids is 2. The van der Waals surface area contributed by atoms with E-state index in [1.54, 1.807) is 19.1 Å². The van der Waals surface area contributed by atoms with E-state index in [9.17, 15) is 14.7 Å². The van der Waals surface area contributed by atoms with Crippen molar-refractivity contribution in [2.24, 2.45) is 0 Å². The normalized spacial score (nSPS) is 14.5. The van der Waals surface area contributed by atoms with Crippen molar-refractivity contribution in [2.45, 2.75) is 83.7 Å². The number of ether oxygens (including phenoxy) is 2. The van der Waals surface area contributed by atoms with E-state index < -0.39 is 26.5 Å². The van der Waals surface area contributed by atoms with Gasteiger partial charge in [0.1, 0.15) is 5.02 Å². The van der Waals surface area contributed by atoms with Gasteiger partial charge >= 0.3 is 11.9 Å². The molecule has 260 valence electrons. The van der Waals surface area contributed by atoms with Crippen LogP contribution in [0.15, 0.2) is 40.3 Å². The van der Waals surface area contributed by atoms with Gasteiger partial charge in [0.2, 0.25) is 0 Å². The molecule has 1 fully saturated rings. The molecule has 0 aliphatic heterocycles. The largest absolute Gasteiger partial charge is 0.464 e. The van der Waals surface area contributed by atoms with E-state index in [-0.39, 0.29) is 17.6 Å². The molecule has 16 heteroatoms. The predicted molar refractivity (Wildman–Crippen MR) is 195 cm³/mol. The number of nitrogens with one attached hydrogen (secondary N) is 2. The molecule has 0 aromatic carbocycles. The summed E-state index contributed by atoms with van der Waals surface area (Å²) in [6.45, 7) is 14.8. The first-order valence-corrected chi connectivity index (χ1v) is 21.2. The third-order valence-electron chi connectivity index (χ3n) is 7.80. The number of H-pyrrole nitrogens is 1. The average Bonchev–Trinajstić information content (AvgIpc) is 3.36. The Morgan fingerprint density at radius 1 is 1.10 bits per heavy atom. The quantitative estimate of drug-likeness (QED) is 0.0937. The number of esters is 2. The maximum absolute atomic E-state index is 12.2. The minimum atomic E-state index is -2.04. The van der Waals surface area contributed by atoms with Crippen LogP contribution in [0.1, 0.15) is 81.0 Å². The van der Waals surface area contributed by atoms with Crippen molar-refractivity contribution in [3.05, 3.63) is 60.8 Å². The van der Waals surface area contributed by atoms with Gasteiger partial charge in [-0.2, -0.15) is 5.10 Å². The van der Waals surface area contributed by atoms with Crippen LogP contribution in [-0.4, -0.2) is 58.7 Å². The number of aromatic nitrogens is 4. The molecule has 4 aromatic heterocycles. The van der Waals surface area contributed by atoms with Crippen LogP contribution in [0.4, 0.5) is 11.6 Å². The number of hydrogen-bond donors (Lipinski definition) is 3. The van der Waals surface area contributed by atoms with E-state index in [4.69, 9.17) is 25.5 Å². The molecule has 1 saturated carbocycles. The van der Waals surface area contributed by atoms with E-state index in [1.165, 1.54) is 41.7 Å². The Morgan fingerprint density at radius 3 is 2.38 bits per heavy atom. The highest BCUT2D eigenvalue weighted by Crippen LogP contribution is 2.42.